The van der Waals surface area contributed by atoms with E-state index in [4.69, 9.17) is 0 Å². The van der Waals surface area contributed by atoms with Crippen molar-refractivity contribution >= 4 is 33.0 Å². The van der Waals surface area contributed by atoms with Crippen molar-refractivity contribution in [2.45, 2.75) is 20.8 Å². The van der Waals surface area contributed by atoms with E-state index in [1.807, 2.05) is 60.7 Å². The summed E-state index contributed by atoms with van der Waals surface area (Å²) in [6.45, 7) is 6.41. The highest BCUT2D eigenvalue weighted by Gasteiger charge is 2.21. The summed E-state index contributed by atoms with van der Waals surface area (Å²) in [6, 6.07) is 23.5. The minimum atomic E-state index is -1.42. The lowest BCUT2D eigenvalue weighted by molar-refractivity contribution is 0.598. The van der Waals surface area contributed by atoms with Crippen LogP contribution < -0.4 is 15.9 Å². The Balaban J connectivity index is 0.000000185. The fourth-order valence-corrected chi connectivity index (χ4v) is 3.82. The van der Waals surface area contributed by atoms with Gasteiger partial charge in [-0.15, -0.1) is 9.24 Å². The third-order valence-electron chi connectivity index (χ3n) is 3.72. The molecule has 0 fully saturated rings. The number of rotatable bonds is 2. The SMILES string of the molecule is Cc1cc(C)c(P)c(C)c1.O=[P+](c1ccccc1)c1ccccc1. The van der Waals surface area contributed by atoms with Crippen LogP contribution in [0.25, 0.3) is 0 Å². The van der Waals surface area contributed by atoms with Crippen molar-refractivity contribution in [2.75, 3.05) is 0 Å². The van der Waals surface area contributed by atoms with Gasteiger partial charge in [0.1, 0.15) is 0 Å². The molecule has 1 unspecified atom stereocenters. The first-order valence-corrected chi connectivity index (χ1v) is 9.73. The van der Waals surface area contributed by atoms with Crippen LogP contribution in [0, 0.1) is 20.8 Å². The van der Waals surface area contributed by atoms with Crippen LogP contribution in [0.2, 0.25) is 0 Å². The molecule has 1 atom stereocenters. The van der Waals surface area contributed by atoms with Crippen LogP contribution in [-0.2, 0) is 4.57 Å². The molecule has 0 saturated carbocycles. The number of hydrogen-bond donors (Lipinski definition) is 0. The Morgan fingerprint density at radius 1 is 0.708 bits per heavy atom. The van der Waals surface area contributed by atoms with E-state index in [0.717, 1.165) is 10.6 Å². The zero-order valence-corrected chi connectivity index (χ0v) is 16.4. The Kier molecular flexibility index (Phi) is 6.85. The Morgan fingerprint density at radius 2 is 1.08 bits per heavy atom. The number of aryl methyl sites for hydroxylation is 3. The molecule has 3 rings (SSSR count). The predicted octanol–water partition coefficient (Wildman–Crippen LogP) is 4.58. The summed E-state index contributed by atoms with van der Waals surface area (Å²) in [4.78, 5) is 0. The second-order valence-electron chi connectivity index (χ2n) is 5.78. The smallest absolute Gasteiger partial charge is 0.105 e. The van der Waals surface area contributed by atoms with Gasteiger partial charge in [0, 0.05) is 0 Å². The molecule has 3 heteroatoms. The number of hydrogen-bond acceptors (Lipinski definition) is 1. The maximum atomic E-state index is 12.0. The molecule has 1 nitrogen and oxygen atoms in total. The molecule has 0 saturated heterocycles. The van der Waals surface area contributed by atoms with Crippen molar-refractivity contribution in [2.24, 2.45) is 0 Å². The van der Waals surface area contributed by atoms with Crippen molar-refractivity contribution in [3.8, 4) is 0 Å². The normalized spacial score (nSPS) is 9.83. The van der Waals surface area contributed by atoms with E-state index >= 15 is 0 Å². The third kappa shape index (κ3) is 5.10. The monoisotopic (exact) mass is 353 g/mol. The topological polar surface area (TPSA) is 17.1 Å². The van der Waals surface area contributed by atoms with Gasteiger partial charge >= 0.3 is 7.80 Å². The van der Waals surface area contributed by atoms with Crippen molar-refractivity contribution in [1.82, 2.24) is 0 Å². The summed E-state index contributed by atoms with van der Waals surface area (Å²) in [5, 5.41) is 3.10. The van der Waals surface area contributed by atoms with E-state index < -0.39 is 7.80 Å². The minimum Gasteiger partial charge on any atom is -0.105 e. The molecule has 0 amide bonds. The first kappa shape index (κ1) is 18.5. The van der Waals surface area contributed by atoms with Crippen LogP contribution >= 0.6 is 17.0 Å². The summed E-state index contributed by atoms with van der Waals surface area (Å²) in [5.74, 6) is 0. The lowest BCUT2D eigenvalue weighted by atomic mass is 10.1. The summed E-state index contributed by atoms with van der Waals surface area (Å²) >= 11 is 0. The largest absolute Gasteiger partial charge is 0.415 e. The molecule has 0 heterocycles. The fraction of sp³-hybridized carbons (Fsp3) is 0.143. The first-order chi connectivity index (χ1) is 11.5. The van der Waals surface area contributed by atoms with Crippen LogP contribution in [0.15, 0.2) is 72.8 Å². The van der Waals surface area contributed by atoms with Gasteiger partial charge in [0.25, 0.3) is 0 Å². The van der Waals surface area contributed by atoms with E-state index in [-0.39, 0.29) is 0 Å². The van der Waals surface area contributed by atoms with Crippen LogP contribution in [-0.4, -0.2) is 0 Å². The molecule has 122 valence electrons. The van der Waals surface area contributed by atoms with E-state index in [0.29, 0.717) is 0 Å². The number of benzene rings is 3. The Morgan fingerprint density at radius 3 is 1.46 bits per heavy atom. The molecule has 0 bridgehead atoms. The quantitative estimate of drug-likeness (QED) is 0.617. The van der Waals surface area contributed by atoms with E-state index in [2.05, 4.69) is 42.1 Å². The molecule has 3 aromatic carbocycles. The molecule has 0 aliphatic carbocycles. The average Bonchev–Trinajstić information content (AvgIpc) is 2.61. The van der Waals surface area contributed by atoms with Crippen LogP contribution in [0.4, 0.5) is 0 Å². The molecule has 0 N–H and O–H groups in total. The van der Waals surface area contributed by atoms with Crippen LogP contribution in [0.1, 0.15) is 16.7 Å². The minimum absolute atomic E-state index is 0.883. The second kappa shape index (κ2) is 8.88. The van der Waals surface area contributed by atoms with E-state index in [1.54, 1.807) is 0 Å². The molecule has 0 radical (unpaired) electrons. The van der Waals surface area contributed by atoms with Gasteiger partial charge in [-0.05, 0) is 61.5 Å². The van der Waals surface area contributed by atoms with Crippen LogP contribution in [0.5, 0.6) is 0 Å². The molecule has 24 heavy (non-hydrogen) atoms. The van der Waals surface area contributed by atoms with Gasteiger partial charge in [0.2, 0.25) is 0 Å². The van der Waals surface area contributed by atoms with Crippen molar-refractivity contribution in [3.05, 3.63) is 89.5 Å². The third-order valence-corrected chi connectivity index (χ3v) is 6.16. The lowest BCUT2D eigenvalue weighted by Gasteiger charge is -2.04. The van der Waals surface area contributed by atoms with Crippen molar-refractivity contribution in [1.29, 1.82) is 0 Å². The summed E-state index contributed by atoms with van der Waals surface area (Å²) in [6.07, 6.45) is 0. The maximum Gasteiger partial charge on any atom is 0.415 e. The zero-order valence-electron chi connectivity index (χ0n) is 14.4. The standard InChI is InChI=1S/C12H10OP.C9H13P/c13-14(11-7-3-1-4-8-11)12-9-5-2-6-10-12;1-6-4-7(2)9(10)8(3)5-6/h1-10H;4-5H,10H2,1-3H3/q+1;. The van der Waals surface area contributed by atoms with Crippen LogP contribution in [0.3, 0.4) is 0 Å². The summed E-state index contributed by atoms with van der Waals surface area (Å²) < 4.78 is 12.0. The van der Waals surface area contributed by atoms with Crippen molar-refractivity contribution < 1.29 is 4.57 Å². The maximum absolute atomic E-state index is 12.0. The highest BCUT2D eigenvalue weighted by molar-refractivity contribution is 7.61. The van der Waals surface area contributed by atoms with Gasteiger partial charge in [0.05, 0.1) is 0 Å². The van der Waals surface area contributed by atoms with Gasteiger partial charge in [-0.25, -0.2) is 0 Å². The molecular formula is C21H23OP2+. The zero-order chi connectivity index (χ0) is 17.5. The Bertz CT molecular complexity index is 747. The van der Waals surface area contributed by atoms with Gasteiger partial charge in [-0.1, -0.05) is 58.7 Å². The molecule has 3 aromatic rings. The highest BCUT2D eigenvalue weighted by atomic mass is 31.1. The molecular weight excluding hydrogens is 330 g/mol. The highest BCUT2D eigenvalue weighted by Crippen LogP contribution is 2.18. The Labute approximate surface area is 148 Å². The Hall–Kier alpha value is -1.81. The molecule has 0 aliphatic heterocycles. The fourth-order valence-electron chi connectivity index (χ4n) is 2.47. The van der Waals surface area contributed by atoms with Gasteiger partial charge < -0.3 is 0 Å². The summed E-state index contributed by atoms with van der Waals surface area (Å²) in [7, 11) is 1.35. The van der Waals surface area contributed by atoms with Crippen molar-refractivity contribution in [3.63, 3.8) is 0 Å². The lowest BCUT2D eigenvalue weighted by Crippen LogP contribution is -2.04. The molecule has 0 aliphatic rings. The average molecular weight is 353 g/mol. The van der Waals surface area contributed by atoms with Gasteiger partial charge in [-0.2, -0.15) is 0 Å². The molecule has 0 spiro atoms. The van der Waals surface area contributed by atoms with E-state index in [9.17, 15) is 4.57 Å². The first-order valence-electron chi connectivity index (χ1n) is 7.89. The molecule has 0 aromatic heterocycles. The van der Waals surface area contributed by atoms with Gasteiger partial charge in [-0.3, -0.25) is 0 Å². The van der Waals surface area contributed by atoms with E-state index in [1.165, 1.54) is 22.0 Å². The summed E-state index contributed by atoms with van der Waals surface area (Å²) in [5.41, 5.74) is 4.08. The second-order valence-corrected chi connectivity index (χ2v) is 7.98. The van der Waals surface area contributed by atoms with Gasteiger partial charge in [0.15, 0.2) is 10.6 Å². The predicted molar refractivity (Wildman–Crippen MR) is 110 cm³/mol.